The average Bonchev–Trinajstić information content (AvgIpc) is 3.24. The van der Waals surface area contributed by atoms with Gasteiger partial charge in [0, 0.05) is 18.1 Å². The van der Waals surface area contributed by atoms with E-state index in [0.717, 1.165) is 24.8 Å². The van der Waals surface area contributed by atoms with Gasteiger partial charge in [0.05, 0.1) is 11.4 Å². The molecule has 0 amide bonds. The van der Waals surface area contributed by atoms with Crippen LogP contribution in [0.2, 0.25) is 0 Å². The van der Waals surface area contributed by atoms with E-state index in [4.69, 9.17) is 9.20 Å². The van der Waals surface area contributed by atoms with Gasteiger partial charge in [-0.25, -0.2) is 8.99 Å². The number of furan rings is 1. The van der Waals surface area contributed by atoms with Gasteiger partial charge in [-0.3, -0.25) is 4.79 Å². The first kappa shape index (κ1) is 22.3. The number of rotatable bonds is 8. The highest BCUT2D eigenvalue weighted by Crippen LogP contribution is 2.44. The molecule has 5 nitrogen and oxygen atoms in total. The van der Waals surface area contributed by atoms with Crippen LogP contribution in [0.5, 0.6) is 0 Å². The largest absolute Gasteiger partial charge is 0.451 e. The SMILES string of the molecule is Cc1oc([S@@](=N)(=O)CC(=O)Cc2c([C@H](C)C3CC3)ccc3c2CCC3)cc1C(C)(C)O. The zero-order valence-electron chi connectivity index (χ0n) is 18.9. The Morgan fingerprint density at radius 3 is 2.65 bits per heavy atom. The number of carbonyl (C=O) groups is 1. The Morgan fingerprint density at radius 1 is 1.32 bits per heavy atom. The van der Waals surface area contributed by atoms with Crippen molar-refractivity contribution in [1.82, 2.24) is 0 Å². The molecule has 0 unspecified atom stereocenters. The molecule has 1 saturated carbocycles. The van der Waals surface area contributed by atoms with Crippen LogP contribution in [-0.2, 0) is 39.4 Å². The second-order valence-electron chi connectivity index (χ2n) is 9.88. The lowest BCUT2D eigenvalue weighted by Gasteiger charge is -2.19. The minimum atomic E-state index is -3.42. The molecular formula is C25H33NO4S. The number of hydrogen-bond donors (Lipinski definition) is 2. The standard InChI is InChI=1S/C25H33NO4S/c1-15(17-8-9-17)20-11-10-18-6-5-7-21(18)22(20)12-19(27)14-31(26,29)24-13-23(16(2)30-24)25(3,4)28/h10-11,13,15,17,26,28H,5-9,12,14H2,1-4H3/t15-,31+/m1/s1. The number of hydrogen-bond acceptors (Lipinski definition) is 5. The van der Waals surface area contributed by atoms with Crippen LogP contribution in [-0.4, -0.2) is 20.9 Å². The summed E-state index contributed by atoms with van der Waals surface area (Å²) in [4.78, 5) is 13.1. The third-order valence-electron chi connectivity index (χ3n) is 6.87. The maximum atomic E-state index is 13.1. The summed E-state index contributed by atoms with van der Waals surface area (Å²) >= 11 is 0. The van der Waals surface area contributed by atoms with E-state index in [1.54, 1.807) is 20.8 Å². The summed E-state index contributed by atoms with van der Waals surface area (Å²) in [6, 6.07) is 5.89. The quantitative estimate of drug-likeness (QED) is 0.598. The Labute approximate surface area is 185 Å². The fraction of sp³-hybridized carbons (Fsp3) is 0.560. The van der Waals surface area contributed by atoms with Crippen LogP contribution in [0.1, 0.15) is 79.5 Å². The molecule has 0 spiro atoms. The first-order valence-corrected chi connectivity index (χ1v) is 12.9. The van der Waals surface area contributed by atoms with Gasteiger partial charge >= 0.3 is 0 Å². The molecule has 1 heterocycles. The van der Waals surface area contributed by atoms with Crippen LogP contribution in [0, 0.1) is 17.6 Å². The smallest absolute Gasteiger partial charge is 0.199 e. The molecule has 0 bridgehead atoms. The van der Waals surface area contributed by atoms with Gasteiger partial charge in [0.15, 0.2) is 10.9 Å². The molecule has 4 rings (SSSR count). The van der Waals surface area contributed by atoms with Crippen LogP contribution in [0.3, 0.4) is 0 Å². The number of fused-ring (bicyclic) bond motifs is 1. The fourth-order valence-electron chi connectivity index (χ4n) is 5.02. The van der Waals surface area contributed by atoms with E-state index in [1.165, 1.54) is 35.6 Å². The molecular weight excluding hydrogens is 410 g/mol. The molecule has 1 aromatic carbocycles. The minimum Gasteiger partial charge on any atom is -0.451 e. The molecule has 2 aromatic rings. The van der Waals surface area contributed by atoms with Crippen LogP contribution in [0.15, 0.2) is 27.7 Å². The van der Waals surface area contributed by atoms with Crippen molar-refractivity contribution in [3.05, 3.63) is 51.8 Å². The third kappa shape index (κ3) is 4.51. The van der Waals surface area contributed by atoms with E-state index >= 15 is 0 Å². The molecule has 168 valence electrons. The lowest BCUT2D eigenvalue weighted by Crippen LogP contribution is -2.19. The van der Waals surface area contributed by atoms with E-state index in [0.29, 0.717) is 23.2 Å². The average molecular weight is 444 g/mol. The number of carbonyl (C=O) groups excluding carboxylic acids is 1. The van der Waals surface area contributed by atoms with Crippen LogP contribution in [0.25, 0.3) is 0 Å². The van der Waals surface area contributed by atoms with Gasteiger partial charge in [0.2, 0.25) is 0 Å². The van der Waals surface area contributed by atoms with Crippen molar-refractivity contribution in [3.63, 3.8) is 0 Å². The molecule has 1 fully saturated rings. The Bertz CT molecular complexity index is 1120. The first-order valence-electron chi connectivity index (χ1n) is 11.2. The van der Waals surface area contributed by atoms with Crippen molar-refractivity contribution in [2.24, 2.45) is 5.92 Å². The van der Waals surface area contributed by atoms with Gasteiger partial charge in [0.25, 0.3) is 0 Å². The maximum absolute atomic E-state index is 13.1. The van der Waals surface area contributed by atoms with Gasteiger partial charge in [-0.1, -0.05) is 19.1 Å². The lowest BCUT2D eigenvalue weighted by molar-refractivity contribution is -0.116. The van der Waals surface area contributed by atoms with E-state index in [9.17, 15) is 14.1 Å². The molecule has 2 aliphatic carbocycles. The van der Waals surface area contributed by atoms with E-state index in [-0.39, 0.29) is 23.0 Å². The summed E-state index contributed by atoms with van der Waals surface area (Å²) in [5.41, 5.74) is 4.33. The van der Waals surface area contributed by atoms with Crippen molar-refractivity contribution < 1.29 is 18.5 Å². The van der Waals surface area contributed by atoms with Gasteiger partial charge in [-0.05, 0) is 87.0 Å². The number of aryl methyl sites for hydroxylation is 2. The molecule has 0 radical (unpaired) electrons. The Morgan fingerprint density at radius 2 is 2.03 bits per heavy atom. The Balaban J connectivity index is 1.59. The predicted octanol–water partition coefficient (Wildman–Crippen LogP) is 5.04. The number of benzene rings is 1. The lowest BCUT2D eigenvalue weighted by atomic mass is 9.86. The monoisotopic (exact) mass is 443 g/mol. The van der Waals surface area contributed by atoms with Gasteiger partial charge < -0.3 is 9.52 Å². The molecule has 2 aliphatic rings. The highest BCUT2D eigenvalue weighted by atomic mass is 32.2. The van der Waals surface area contributed by atoms with Crippen LogP contribution in [0.4, 0.5) is 0 Å². The van der Waals surface area contributed by atoms with Crippen molar-refractivity contribution >= 4 is 15.5 Å². The molecule has 0 aliphatic heterocycles. The predicted molar refractivity (Wildman–Crippen MR) is 121 cm³/mol. The van der Waals surface area contributed by atoms with E-state index in [2.05, 4.69) is 19.1 Å². The fourth-order valence-corrected chi connectivity index (χ4v) is 6.28. The van der Waals surface area contributed by atoms with E-state index in [1.807, 2.05) is 0 Å². The summed E-state index contributed by atoms with van der Waals surface area (Å²) < 4.78 is 27.1. The highest BCUT2D eigenvalue weighted by molar-refractivity contribution is 7.93. The number of nitrogens with one attached hydrogen (secondary N) is 1. The van der Waals surface area contributed by atoms with Crippen molar-refractivity contribution in [2.45, 2.75) is 82.8 Å². The second kappa shape index (κ2) is 7.89. The van der Waals surface area contributed by atoms with Gasteiger partial charge in [0.1, 0.15) is 15.5 Å². The first-order chi connectivity index (χ1) is 14.5. The molecule has 2 N–H and O–H groups in total. The van der Waals surface area contributed by atoms with Crippen molar-refractivity contribution in [1.29, 1.82) is 4.78 Å². The number of aliphatic hydroxyl groups is 1. The van der Waals surface area contributed by atoms with Crippen LogP contribution >= 0.6 is 0 Å². The molecule has 1 aromatic heterocycles. The third-order valence-corrected chi connectivity index (χ3v) is 8.45. The zero-order chi connectivity index (χ0) is 22.6. The minimum absolute atomic E-state index is 0.0275. The maximum Gasteiger partial charge on any atom is 0.199 e. The van der Waals surface area contributed by atoms with Crippen LogP contribution < -0.4 is 0 Å². The summed E-state index contributed by atoms with van der Waals surface area (Å²) in [7, 11) is -3.42. The van der Waals surface area contributed by atoms with Gasteiger partial charge in [-0.15, -0.1) is 0 Å². The summed E-state index contributed by atoms with van der Waals surface area (Å²) in [5, 5.41) is 10.2. The molecule has 2 atom stereocenters. The van der Waals surface area contributed by atoms with E-state index < -0.39 is 15.3 Å². The molecule has 6 heteroatoms. The molecule has 0 saturated heterocycles. The van der Waals surface area contributed by atoms with Gasteiger partial charge in [-0.2, -0.15) is 0 Å². The normalized spacial score (nSPS) is 19.1. The summed E-state index contributed by atoms with van der Waals surface area (Å²) in [6.45, 7) is 7.15. The van der Waals surface area contributed by atoms with Crippen molar-refractivity contribution in [2.75, 3.05) is 5.75 Å². The zero-order valence-corrected chi connectivity index (χ0v) is 19.7. The highest BCUT2D eigenvalue weighted by Gasteiger charge is 2.33. The number of Topliss-reactive ketones (excluding diaryl/α,β-unsaturated/α-hetero) is 1. The summed E-state index contributed by atoms with van der Waals surface area (Å²) in [6.07, 6.45) is 5.86. The second-order valence-corrected chi connectivity index (χ2v) is 11.9. The Kier molecular flexibility index (Phi) is 5.67. The summed E-state index contributed by atoms with van der Waals surface area (Å²) in [5.74, 6) is 0.988. The topological polar surface area (TPSA) is 91.4 Å². The van der Waals surface area contributed by atoms with Crippen molar-refractivity contribution in [3.8, 4) is 0 Å². The number of ketones is 1. The molecule has 31 heavy (non-hydrogen) atoms. The Hall–Kier alpha value is -1.92.